The number of H-pyrrole nitrogens is 1. The van der Waals surface area contributed by atoms with Crippen LogP contribution in [-0.4, -0.2) is 39.5 Å². The number of benzene rings is 1. The van der Waals surface area contributed by atoms with Gasteiger partial charge in [-0.25, -0.2) is 4.98 Å². The van der Waals surface area contributed by atoms with Crippen molar-refractivity contribution >= 4 is 34.8 Å². The molecule has 3 aromatic rings. The van der Waals surface area contributed by atoms with Crippen molar-refractivity contribution in [2.45, 2.75) is 19.3 Å². The lowest BCUT2D eigenvalue weighted by Gasteiger charge is -2.08. The number of epoxide rings is 1. The van der Waals surface area contributed by atoms with Gasteiger partial charge in [0.2, 0.25) is 0 Å². The SMILES string of the molecule is CCNC1OC1c1[nH]cnc1C(=O)Nc1ccc(NC(=O)c2cnccc2Cl)cc1. The van der Waals surface area contributed by atoms with Gasteiger partial charge in [-0.3, -0.25) is 19.9 Å². The summed E-state index contributed by atoms with van der Waals surface area (Å²) in [4.78, 5) is 35.9. The van der Waals surface area contributed by atoms with E-state index in [1.165, 1.54) is 18.7 Å². The van der Waals surface area contributed by atoms with E-state index in [1.807, 2.05) is 6.92 Å². The second-order valence-electron chi connectivity index (χ2n) is 6.54. The molecule has 1 aromatic carbocycles. The third-order valence-electron chi connectivity index (χ3n) is 4.48. The van der Waals surface area contributed by atoms with Gasteiger partial charge < -0.3 is 20.4 Å². The number of halogens is 1. The molecule has 9 nitrogen and oxygen atoms in total. The Bertz CT molecular complexity index is 1070. The molecular weight excluding hydrogens is 408 g/mol. The van der Waals surface area contributed by atoms with Gasteiger partial charge in [-0.2, -0.15) is 0 Å². The van der Waals surface area contributed by atoms with Gasteiger partial charge in [0.25, 0.3) is 11.8 Å². The fourth-order valence-electron chi connectivity index (χ4n) is 2.96. The maximum absolute atomic E-state index is 12.6. The van der Waals surface area contributed by atoms with Crippen molar-refractivity contribution in [2.75, 3.05) is 17.2 Å². The number of hydrogen-bond donors (Lipinski definition) is 4. The zero-order valence-corrected chi connectivity index (χ0v) is 16.7. The van der Waals surface area contributed by atoms with E-state index >= 15 is 0 Å². The minimum absolute atomic E-state index is 0.113. The molecule has 2 unspecified atom stereocenters. The summed E-state index contributed by atoms with van der Waals surface area (Å²) >= 11 is 6.01. The molecule has 1 aliphatic heterocycles. The topological polar surface area (TPSA) is 124 Å². The molecule has 0 aliphatic carbocycles. The van der Waals surface area contributed by atoms with Crippen molar-refractivity contribution < 1.29 is 14.3 Å². The van der Waals surface area contributed by atoms with Crippen molar-refractivity contribution in [1.29, 1.82) is 0 Å². The van der Waals surface area contributed by atoms with Crippen LogP contribution in [0.4, 0.5) is 11.4 Å². The van der Waals surface area contributed by atoms with Gasteiger partial charge in [0.15, 0.2) is 5.69 Å². The number of ether oxygens (including phenoxy) is 1. The number of hydrogen-bond acceptors (Lipinski definition) is 6. The van der Waals surface area contributed by atoms with E-state index in [1.54, 1.807) is 30.3 Å². The van der Waals surface area contributed by atoms with Gasteiger partial charge in [0.1, 0.15) is 12.3 Å². The Morgan fingerprint density at radius 1 is 1.13 bits per heavy atom. The Hall–Kier alpha value is -3.27. The van der Waals surface area contributed by atoms with E-state index in [2.05, 4.69) is 30.9 Å². The second kappa shape index (κ2) is 8.62. The minimum atomic E-state index is -0.370. The first-order valence-electron chi connectivity index (χ1n) is 9.31. The van der Waals surface area contributed by atoms with Crippen LogP contribution in [0.15, 0.2) is 49.1 Å². The lowest BCUT2D eigenvalue weighted by Crippen LogP contribution is -2.19. The molecule has 1 fully saturated rings. The predicted octanol–water partition coefficient (Wildman–Crippen LogP) is 2.97. The molecular formula is C20H19ClN6O3. The van der Waals surface area contributed by atoms with E-state index in [0.29, 0.717) is 22.1 Å². The number of rotatable bonds is 7. The van der Waals surface area contributed by atoms with Gasteiger partial charge in [0, 0.05) is 23.8 Å². The molecule has 3 heterocycles. The largest absolute Gasteiger partial charge is 0.346 e. The summed E-state index contributed by atoms with van der Waals surface area (Å²) in [6, 6.07) is 8.26. The number of amides is 2. The van der Waals surface area contributed by atoms with Gasteiger partial charge in [-0.1, -0.05) is 18.5 Å². The van der Waals surface area contributed by atoms with Crippen molar-refractivity contribution in [2.24, 2.45) is 0 Å². The van der Waals surface area contributed by atoms with E-state index in [-0.39, 0.29) is 35.4 Å². The Balaban J connectivity index is 1.39. The molecule has 0 spiro atoms. The highest BCUT2D eigenvalue weighted by atomic mass is 35.5. The molecule has 4 rings (SSSR count). The number of pyridine rings is 1. The monoisotopic (exact) mass is 426 g/mol. The predicted molar refractivity (Wildman–Crippen MR) is 111 cm³/mol. The summed E-state index contributed by atoms with van der Waals surface area (Å²) in [7, 11) is 0. The van der Waals surface area contributed by atoms with Gasteiger partial charge in [-0.05, 0) is 36.9 Å². The number of nitrogens with zero attached hydrogens (tertiary/aromatic N) is 2. The van der Waals surface area contributed by atoms with E-state index < -0.39 is 0 Å². The first-order chi connectivity index (χ1) is 14.6. The summed E-state index contributed by atoms with van der Waals surface area (Å²) in [6.45, 7) is 2.75. The summed E-state index contributed by atoms with van der Waals surface area (Å²) in [5.74, 6) is -0.721. The number of aromatic amines is 1. The van der Waals surface area contributed by atoms with Crippen LogP contribution in [-0.2, 0) is 4.74 Å². The summed E-state index contributed by atoms with van der Waals surface area (Å²) in [5, 5.41) is 9.01. The van der Waals surface area contributed by atoms with Crippen LogP contribution in [0.3, 0.4) is 0 Å². The van der Waals surface area contributed by atoms with Crippen molar-refractivity contribution in [3.63, 3.8) is 0 Å². The second-order valence-corrected chi connectivity index (χ2v) is 6.95. The molecule has 2 atom stereocenters. The fourth-order valence-corrected chi connectivity index (χ4v) is 3.15. The summed E-state index contributed by atoms with van der Waals surface area (Å²) in [6.07, 6.45) is 4.05. The van der Waals surface area contributed by atoms with E-state index in [4.69, 9.17) is 16.3 Å². The molecule has 2 aromatic heterocycles. The number of imidazole rings is 1. The molecule has 1 saturated heterocycles. The quantitative estimate of drug-likeness (QED) is 0.430. The number of carbonyl (C=O) groups excluding carboxylic acids is 2. The molecule has 154 valence electrons. The molecule has 30 heavy (non-hydrogen) atoms. The van der Waals surface area contributed by atoms with Crippen LogP contribution >= 0.6 is 11.6 Å². The van der Waals surface area contributed by atoms with Gasteiger partial charge in [0.05, 0.1) is 22.6 Å². The average molecular weight is 427 g/mol. The standard InChI is InChI=1S/C20H19ClN6O3/c1-2-23-20-17(30-20)15-16(25-10-24-15)19(29)27-12-5-3-11(4-6-12)26-18(28)13-9-22-8-7-14(13)21/h3-10,17,20,23H,2H2,1H3,(H,24,25)(H,26,28)(H,27,29). The zero-order chi connectivity index (χ0) is 21.1. The first-order valence-corrected chi connectivity index (χ1v) is 9.69. The summed E-state index contributed by atoms with van der Waals surface area (Å²) < 4.78 is 5.52. The van der Waals surface area contributed by atoms with Crippen LogP contribution in [0.1, 0.15) is 39.6 Å². The number of carbonyl (C=O) groups is 2. The van der Waals surface area contributed by atoms with Crippen LogP contribution in [0, 0.1) is 0 Å². The number of nitrogens with one attached hydrogen (secondary N) is 4. The lowest BCUT2D eigenvalue weighted by molar-refractivity contribution is 0.101. The van der Waals surface area contributed by atoms with E-state index in [9.17, 15) is 9.59 Å². The van der Waals surface area contributed by atoms with Crippen LogP contribution in [0.25, 0.3) is 0 Å². The number of aromatic nitrogens is 3. The summed E-state index contributed by atoms with van der Waals surface area (Å²) in [5.41, 5.74) is 2.31. The molecule has 1 aliphatic rings. The lowest BCUT2D eigenvalue weighted by atomic mass is 10.2. The van der Waals surface area contributed by atoms with E-state index in [0.717, 1.165) is 6.54 Å². The van der Waals surface area contributed by atoms with Crippen molar-refractivity contribution in [1.82, 2.24) is 20.3 Å². The number of likely N-dealkylation sites (N-methyl/N-ethyl adjacent to an activating group) is 1. The normalized spacial score (nSPS) is 17.4. The molecule has 0 saturated carbocycles. The van der Waals surface area contributed by atoms with Gasteiger partial charge in [-0.15, -0.1) is 0 Å². The first kappa shape index (κ1) is 20.0. The Morgan fingerprint density at radius 3 is 2.50 bits per heavy atom. The highest BCUT2D eigenvalue weighted by Crippen LogP contribution is 2.37. The Morgan fingerprint density at radius 2 is 1.83 bits per heavy atom. The smallest absolute Gasteiger partial charge is 0.276 e. The van der Waals surface area contributed by atoms with Crippen molar-refractivity contribution in [3.05, 3.63) is 71.0 Å². The highest BCUT2D eigenvalue weighted by molar-refractivity contribution is 6.34. The zero-order valence-electron chi connectivity index (χ0n) is 16.0. The third-order valence-corrected chi connectivity index (χ3v) is 4.81. The van der Waals surface area contributed by atoms with Crippen molar-refractivity contribution in [3.8, 4) is 0 Å². The molecule has 2 amide bonds. The maximum Gasteiger partial charge on any atom is 0.276 e. The Labute approximate surface area is 177 Å². The van der Waals surface area contributed by atoms with Crippen LogP contribution in [0.5, 0.6) is 0 Å². The average Bonchev–Trinajstić information content (AvgIpc) is 3.32. The van der Waals surface area contributed by atoms with Crippen LogP contribution < -0.4 is 16.0 Å². The maximum atomic E-state index is 12.6. The minimum Gasteiger partial charge on any atom is -0.346 e. The van der Waals surface area contributed by atoms with Gasteiger partial charge >= 0.3 is 0 Å². The molecule has 0 bridgehead atoms. The number of anilines is 2. The highest BCUT2D eigenvalue weighted by Gasteiger charge is 2.43. The Kier molecular flexibility index (Phi) is 5.75. The molecule has 4 N–H and O–H groups in total. The third kappa shape index (κ3) is 4.33. The molecule has 10 heteroatoms. The molecule has 0 radical (unpaired) electrons. The van der Waals surface area contributed by atoms with Crippen LogP contribution in [0.2, 0.25) is 5.02 Å². The fraction of sp³-hybridized carbons (Fsp3) is 0.200.